The number of hydrogen-bond acceptors (Lipinski definition) is 4. The van der Waals surface area contributed by atoms with Gasteiger partial charge >= 0.3 is 0 Å². The highest BCUT2D eigenvalue weighted by Crippen LogP contribution is 2.47. The molecule has 11 rings (SSSR count). The lowest BCUT2D eigenvalue weighted by Crippen LogP contribution is -2.58. The van der Waals surface area contributed by atoms with Gasteiger partial charge in [0.25, 0.3) is 6.71 Å². The van der Waals surface area contributed by atoms with E-state index in [9.17, 15) is 0 Å². The molecule has 0 unspecified atom stereocenters. The number of anilines is 6. The molecule has 2 aliphatic rings. The molecule has 9 aromatic carbocycles. The Morgan fingerprint density at radius 2 is 0.719 bits per heavy atom. The van der Waals surface area contributed by atoms with Crippen molar-refractivity contribution in [2.75, 3.05) is 9.80 Å². The van der Waals surface area contributed by atoms with E-state index in [4.69, 9.17) is 9.47 Å². The highest BCUT2D eigenvalue weighted by molar-refractivity contribution is 7.01. The third-order valence-corrected chi connectivity index (χ3v) is 11.6. The van der Waals surface area contributed by atoms with Crippen molar-refractivity contribution < 1.29 is 9.47 Å². The molecule has 0 saturated carbocycles. The van der Waals surface area contributed by atoms with Crippen molar-refractivity contribution in [2.45, 2.75) is 13.8 Å². The predicted molar refractivity (Wildman–Crippen MR) is 238 cm³/mol. The number of rotatable bonds is 6. The molecule has 0 fully saturated rings. The minimum atomic E-state index is -0.145. The topological polar surface area (TPSA) is 24.9 Å². The maximum atomic E-state index is 7.03. The van der Waals surface area contributed by atoms with E-state index in [-0.39, 0.29) is 6.71 Å². The van der Waals surface area contributed by atoms with Crippen LogP contribution in [0.5, 0.6) is 23.0 Å². The zero-order valence-corrected chi connectivity index (χ0v) is 31.7. The first-order valence-electron chi connectivity index (χ1n) is 19.6. The minimum Gasteiger partial charge on any atom is -0.458 e. The van der Waals surface area contributed by atoms with Gasteiger partial charge in [-0.2, -0.15) is 0 Å². The van der Waals surface area contributed by atoms with E-state index in [0.717, 1.165) is 95.1 Å². The summed E-state index contributed by atoms with van der Waals surface area (Å²) in [6, 6.07) is 66.8. The summed E-state index contributed by atoms with van der Waals surface area (Å²) < 4.78 is 14.1. The molecular formula is C52H37BN2O2. The third kappa shape index (κ3) is 5.23. The van der Waals surface area contributed by atoms with E-state index >= 15 is 0 Å². The Morgan fingerprint density at radius 3 is 1.16 bits per heavy atom. The van der Waals surface area contributed by atoms with Gasteiger partial charge in [-0.3, -0.25) is 0 Å². The maximum absolute atomic E-state index is 7.03. The van der Waals surface area contributed by atoms with Crippen molar-refractivity contribution in [3.63, 3.8) is 0 Å². The molecular weight excluding hydrogens is 695 g/mol. The number of ether oxygens (including phenoxy) is 2. The van der Waals surface area contributed by atoms with Crippen LogP contribution < -0.4 is 35.7 Å². The van der Waals surface area contributed by atoms with Crippen molar-refractivity contribution in [1.82, 2.24) is 0 Å². The van der Waals surface area contributed by atoms with E-state index in [0.29, 0.717) is 0 Å². The normalized spacial score (nSPS) is 12.3. The summed E-state index contributed by atoms with van der Waals surface area (Å²) in [5.74, 6) is 3.33. The van der Waals surface area contributed by atoms with Crippen molar-refractivity contribution >= 4 is 78.8 Å². The van der Waals surface area contributed by atoms with Crippen molar-refractivity contribution in [3.8, 4) is 23.0 Å². The van der Waals surface area contributed by atoms with E-state index in [1.165, 1.54) is 11.1 Å². The number of benzene rings is 9. The Balaban J connectivity index is 1.20. The number of hydrogen-bond donors (Lipinski definition) is 0. The molecule has 4 nitrogen and oxygen atoms in total. The molecule has 0 N–H and O–H groups in total. The van der Waals surface area contributed by atoms with Crippen molar-refractivity contribution in [1.29, 1.82) is 0 Å². The van der Waals surface area contributed by atoms with Crippen LogP contribution in [0.25, 0.3) is 21.5 Å². The second-order valence-electron chi connectivity index (χ2n) is 14.9. The molecule has 270 valence electrons. The quantitative estimate of drug-likeness (QED) is 0.159. The molecule has 9 aromatic rings. The van der Waals surface area contributed by atoms with E-state index < -0.39 is 0 Å². The summed E-state index contributed by atoms with van der Waals surface area (Å²) in [7, 11) is 0. The molecule has 0 spiro atoms. The first-order valence-corrected chi connectivity index (χ1v) is 19.6. The number of fused-ring (bicyclic) bond motifs is 8. The maximum Gasteiger partial charge on any atom is 0.262 e. The smallest absolute Gasteiger partial charge is 0.262 e. The second-order valence-corrected chi connectivity index (χ2v) is 14.9. The van der Waals surface area contributed by atoms with Gasteiger partial charge in [-0.25, -0.2) is 0 Å². The van der Waals surface area contributed by atoms with Crippen LogP contribution in [0.15, 0.2) is 188 Å². The lowest BCUT2D eigenvalue weighted by atomic mass is 9.33. The molecule has 57 heavy (non-hydrogen) atoms. The van der Waals surface area contributed by atoms with E-state index in [2.05, 4.69) is 206 Å². The first-order chi connectivity index (χ1) is 28.1. The van der Waals surface area contributed by atoms with Gasteiger partial charge in [-0.05, 0) is 95.2 Å². The molecule has 2 heterocycles. The molecule has 2 aliphatic heterocycles. The molecule has 0 aliphatic carbocycles. The third-order valence-electron chi connectivity index (χ3n) is 11.6. The number of nitrogens with zero attached hydrogens (tertiary/aromatic N) is 2. The van der Waals surface area contributed by atoms with Gasteiger partial charge in [0, 0.05) is 51.1 Å². The zero-order valence-electron chi connectivity index (χ0n) is 31.7. The van der Waals surface area contributed by atoms with Crippen LogP contribution in [-0.4, -0.2) is 6.71 Å². The first kappa shape index (κ1) is 33.1. The standard InChI is InChI=1S/C52H37BN2O2/c1-34-18-9-15-28-42(34)54(36-20-5-3-6-21-36)44-32-48-50(40-26-13-11-24-38(40)44)53-51-41-27-14-12-25-39(41)45(33-49(51)57-47-31-17-30-46(56-48)52(47)53)55(37-22-7-4-8-23-37)43-29-16-10-19-35(43)2/h3-33H,1-2H3. The number of para-hydroxylation sites is 4. The monoisotopic (exact) mass is 732 g/mol. The van der Waals surface area contributed by atoms with Gasteiger partial charge in [-0.1, -0.05) is 127 Å². The Hall–Kier alpha value is -7.24. The second kappa shape index (κ2) is 13.2. The van der Waals surface area contributed by atoms with Crippen LogP contribution in [0.1, 0.15) is 11.1 Å². The predicted octanol–water partition coefficient (Wildman–Crippen LogP) is 12.3. The Morgan fingerprint density at radius 1 is 0.333 bits per heavy atom. The van der Waals surface area contributed by atoms with Crippen LogP contribution in [0.4, 0.5) is 34.1 Å². The SMILES string of the molecule is Cc1ccccc1N(c1ccccc1)c1cc2c(c3ccccc13)B1c3c(cccc3Oc3cc(N(c4ccccc4)c4ccccc4C)c4ccccc4c31)O2. The highest BCUT2D eigenvalue weighted by Gasteiger charge is 2.43. The van der Waals surface area contributed by atoms with Crippen LogP contribution >= 0.6 is 0 Å². The zero-order chi connectivity index (χ0) is 38.0. The molecule has 0 saturated heterocycles. The van der Waals surface area contributed by atoms with Crippen LogP contribution in [-0.2, 0) is 0 Å². The summed E-state index contributed by atoms with van der Waals surface area (Å²) in [6.45, 7) is 4.21. The van der Waals surface area contributed by atoms with Crippen molar-refractivity contribution in [2.24, 2.45) is 0 Å². The van der Waals surface area contributed by atoms with E-state index in [1.807, 2.05) is 6.07 Å². The van der Waals surface area contributed by atoms with Gasteiger partial charge in [0.05, 0.1) is 11.4 Å². The minimum absolute atomic E-state index is 0.145. The number of aryl methyl sites for hydroxylation is 2. The van der Waals surface area contributed by atoms with Gasteiger partial charge in [0.1, 0.15) is 23.0 Å². The largest absolute Gasteiger partial charge is 0.458 e. The summed E-state index contributed by atoms with van der Waals surface area (Å²) in [5, 5.41) is 4.60. The molecule has 5 heteroatoms. The Kier molecular flexibility index (Phi) is 7.68. The van der Waals surface area contributed by atoms with Crippen LogP contribution in [0.3, 0.4) is 0 Å². The summed E-state index contributed by atoms with van der Waals surface area (Å²) in [4.78, 5) is 4.74. The van der Waals surface area contributed by atoms with Crippen LogP contribution in [0.2, 0.25) is 0 Å². The Bertz CT molecular complexity index is 2820. The molecule has 0 bridgehead atoms. The summed E-state index contributed by atoms with van der Waals surface area (Å²) in [5.41, 5.74) is 12.3. The van der Waals surface area contributed by atoms with Gasteiger partial charge in [0.15, 0.2) is 0 Å². The average Bonchev–Trinajstić information content (AvgIpc) is 3.26. The lowest BCUT2D eigenvalue weighted by Gasteiger charge is -2.37. The average molecular weight is 733 g/mol. The highest BCUT2D eigenvalue weighted by atomic mass is 16.5. The van der Waals surface area contributed by atoms with Gasteiger partial charge in [-0.15, -0.1) is 0 Å². The van der Waals surface area contributed by atoms with Crippen molar-refractivity contribution in [3.05, 3.63) is 199 Å². The lowest BCUT2D eigenvalue weighted by molar-refractivity contribution is 0.465. The molecule has 0 amide bonds. The fourth-order valence-corrected chi connectivity index (χ4v) is 9.10. The molecule has 0 aromatic heterocycles. The fraction of sp³-hybridized carbons (Fsp3) is 0.0385. The molecule has 0 atom stereocenters. The van der Waals surface area contributed by atoms with Crippen LogP contribution in [0, 0.1) is 13.8 Å². The summed E-state index contributed by atoms with van der Waals surface area (Å²) >= 11 is 0. The van der Waals surface area contributed by atoms with Gasteiger partial charge < -0.3 is 19.3 Å². The van der Waals surface area contributed by atoms with Gasteiger partial charge in [0.2, 0.25) is 0 Å². The Labute approximate surface area is 332 Å². The van der Waals surface area contributed by atoms with E-state index in [1.54, 1.807) is 0 Å². The molecule has 0 radical (unpaired) electrons. The fourth-order valence-electron chi connectivity index (χ4n) is 9.10. The summed E-state index contributed by atoms with van der Waals surface area (Å²) in [6.07, 6.45) is 0.